The second-order valence-corrected chi connectivity index (χ2v) is 24.3. The molecule has 0 bridgehead atoms. The smallest absolute Gasteiger partial charge is 0.303 e. The summed E-state index contributed by atoms with van der Waals surface area (Å²) in [5.74, 6) is -5.87. The maximum Gasteiger partial charge on any atom is 0.303 e. The number of esters is 1. The molecule has 0 saturated carbocycles. The lowest BCUT2D eigenvalue weighted by molar-refractivity contribution is -0.149. The average Bonchev–Trinajstić information content (AvgIpc) is 4.01. The van der Waals surface area contributed by atoms with E-state index in [4.69, 9.17) is 10.5 Å². The van der Waals surface area contributed by atoms with E-state index in [9.17, 15) is 53.1 Å². The van der Waals surface area contributed by atoms with Gasteiger partial charge in [-0.15, -0.1) is 22.7 Å². The maximum atomic E-state index is 14.9. The van der Waals surface area contributed by atoms with Gasteiger partial charge in [0.15, 0.2) is 17.7 Å². The molecule has 4 N–H and O–H groups in total. The van der Waals surface area contributed by atoms with Gasteiger partial charge in [-0.05, 0) is 61.7 Å². The third-order valence-electron chi connectivity index (χ3n) is 16.2. The zero-order valence-electron chi connectivity index (χ0n) is 49.1. The van der Waals surface area contributed by atoms with Gasteiger partial charge in [0, 0.05) is 133 Å². The number of aromatic nitrogens is 1. The van der Waals surface area contributed by atoms with Crippen LogP contribution in [0.25, 0.3) is 0 Å². The Bertz CT molecular complexity index is 2770. The fourth-order valence-corrected chi connectivity index (χ4v) is 12.5. The van der Waals surface area contributed by atoms with E-state index in [1.54, 1.807) is 39.3 Å². The van der Waals surface area contributed by atoms with Crippen molar-refractivity contribution in [2.24, 2.45) is 29.4 Å². The number of hydrogen-bond acceptors (Lipinski definition) is 17. The highest BCUT2D eigenvalue weighted by Gasteiger charge is 2.43. The molecule has 0 spiro atoms. The molecule has 3 aliphatic rings. The standard InChI is InChI=1S/C60H83N9O12S2/c1-9-38(4)42(33-47(71)46-35-64(46)6)58(78)65(7)45(37(2)3)34-49(81-39(5)70)57-63-44(36-83-57)59(79)66(8)54(55(76)50-20-16-30-82-50)48(72)32-41(19-13-14-24-61)56(77)62-43(31-40-17-11-10-12-18-40)60(80)68-28-26-67(27-29-68)51(73)21-15-25-69-52(74)22-23-53(69)75/h10-12,16-18,20,22-23,30,36-38,41-43,45-46,49,54-55,76H,9,13-15,19,21,24-29,31-35,61H2,1-8H3,(H,62,77)/t38-,41-,42?,43-,45+,46?,49+,54+,55?,64?/m0/s1. The molecule has 452 valence electrons. The Labute approximate surface area is 494 Å². The third-order valence-corrected chi connectivity index (χ3v) is 18.1. The molecule has 4 unspecified atom stereocenters. The molecule has 5 heterocycles. The zero-order chi connectivity index (χ0) is 60.7. The number of carbonyl (C=O) groups excluding carboxylic acids is 10. The largest absolute Gasteiger partial charge is 0.455 e. The van der Waals surface area contributed by atoms with Gasteiger partial charge in [0.2, 0.25) is 23.6 Å². The zero-order valence-corrected chi connectivity index (χ0v) is 50.7. The number of aliphatic hydroxyl groups is 1. The first kappa shape index (κ1) is 65.6. The number of aliphatic hydroxyl groups excluding tert-OH is 1. The molecular formula is C60H83N9O12S2. The van der Waals surface area contributed by atoms with Crippen LogP contribution in [0.1, 0.15) is 131 Å². The number of nitrogens with one attached hydrogen (secondary N) is 1. The molecule has 6 rings (SSSR count). The molecule has 0 aliphatic carbocycles. The highest BCUT2D eigenvalue weighted by Crippen LogP contribution is 2.35. The maximum absolute atomic E-state index is 14.9. The summed E-state index contributed by atoms with van der Waals surface area (Å²) in [5, 5.41) is 18.5. The van der Waals surface area contributed by atoms with Crippen LogP contribution in [0.3, 0.4) is 0 Å². The van der Waals surface area contributed by atoms with Crippen molar-refractivity contribution in [1.82, 2.24) is 39.7 Å². The van der Waals surface area contributed by atoms with Crippen molar-refractivity contribution >= 4 is 81.6 Å². The van der Waals surface area contributed by atoms with Gasteiger partial charge in [0.1, 0.15) is 28.9 Å². The number of thiophene rings is 1. The molecule has 3 aliphatic heterocycles. The fourth-order valence-electron chi connectivity index (χ4n) is 10.9. The normalized spacial score (nSPS) is 18.9. The van der Waals surface area contributed by atoms with Crippen molar-refractivity contribution in [1.29, 1.82) is 0 Å². The first-order chi connectivity index (χ1) is 39.5. The first-order valence-electron chi connectivity index (χ1n) is 28.8. The molecule has 2 saturated heterocycles. The number of ether oxygens (including phenoxy) is 1. The molecule has 83 heavy (non-hydrogen) atoms. The van der Waals surface area contributed by atoms with Crippen LogP contribution in [0, 0.1) is 23.7 Å². The molecular weight excluding hydrogens is 1100 g/mol. The van der Waals surface area contributed by atoms with Crippen molar-refractivity contribution < 1.29 is 57.8 Å². The second-order valence-electron chi connectivity index (χ2n) is 22.5. The van der Waals surface area contributed by atoms with Crippen LogP contribution >= 0.6 is 22.7 Å². The van der Waals surface area contributed by atoms with Crippen LogP contribution < -0.4 is 11.1 Å². The molecule has 2 fully saturated rings. The summed E-state index contributed by atoms with van der Waals surface area (Å²) in [5.41, 5.74) is 6.57. The summed E-state index contributed by atoms with van der Waals surface area (Å²) >= 11 is 2.25. The number of Topliss-reactive ketones (excluding diaryl/α,β-unsaturated/α-hetero) is 2. The van der Waals surface area contributed by atoms with Crippen molar-refractivity contribution in [3.8, 4) is 0 Å². The number of nitrogens with zero attached hydrogens (tertiary/aromatic N) is 7. The highest BCUT2D eigenvalue weighted by molar-refractivity contribution is 7.10. The van der Waals surface area contributed by atoms with Gasteiger partial charge in [0.25, 0.3) is 17.7 Å². The van der Waals surface area contributed by atoms with Crippen molar-refractivity contribution in [2.75, 3.05) is 67.0 Å². The monoisotopic (exact) mass is 1190 g/mol. The number of likely N-dealkylation sites (N-methyl/N-ethyl adjacent to an activating group) is 2. The van der Waals surface area contributed by atoms with Crippen molar-refractivity contribution in [3.05, 3.63) is 86.5 Å². The van der Waals surface area contributed by atoms with Crippen molar-refractivity contribution in [3.63, 3.8) is 0 Å². The van der Waals surface area contributed by atoms with E-state index in [1.165, 1.54) is 42.8 Å². The summed E-state index contributed by atoms with van der Waals surface area (Å²) in [7, 11) is 4.95. The summed E-state index contributed by atoms with van der Waals surface area (Å²) < 4.78 is 5.87. The number of carbonyl (C=O) groups is 10. The van der Waals surface area contributed by atoms with Crippen LogP contribution in [0.2, 0.25) is 0 Å². The minimum Gasteiger partial charge on any atom is -0.455 e. The SMILES string of the molecule is CC[C@H](C)C(CC(=O)C1CN1C)C(=O)N(C)[C@H](C[C@@H](OC(C)=O)c1nc(C(=O)N(C)[C@H](C(=O)C[C@H](CCCCN)C(=O)N[C@@H](Cc2ccccc2)C(=O)N2CCN(C(=O)CCCN3C(=O)C=CC3=O)CC2)C(O)c2cccs2)cs1)C(C)C. The molecule has 7 amide bonds. The fraction of sp³-hybridized carbons (Fsp3) is 0.583. The topological polar surface area (TPSA) is 270 Å². The number of amides is 7. The summed E-state index contributed by atoms with van der Waals surface area (Å²) in [6, 6.07) is 9.24. The van der Waals surface area contributed by atoms with Crippen LogP contribution in [0.5, 0.6) is 0 Å². The predicted octanol–water partition coefficient (Wildman–Crippen LogP) is 4.60. The first-order valence-corrected chi connectivity index (χ1v) is 30.6. The Morgan fingerprint density at radius 1 is 0.880 bits per heavy atom. The number of rotatable bonds is 32. The van der Waals surface area contributed by atoms with Crippen LogP contribution in [0.15, 0.2) is 65.4 Å². The third kappa shape index (κ3) is 17.8. The number of imide groups is 1. The van der Waals surface area contributed by atoms with Crippen molar-refractivity contribution in [2.45, 2.75) is 135 Å². The van der Waals surface area contributed by atoms with E-state index >= 15 is 0 Å². The van der Waals surface area contributed by atoms with Gasteiger partial charge in [0.05, 0.1) is 6.04 Å². The van der Waals surface area contributed by atoms with E-state index in [0.717, 1.165) is 26.7 Å². The molecule has 3 aromatic rings. The van der Waals surface area contributed by atoms with E-state index in [2.05, 4.69) is 10.3 Å². The Morgan fingerprint density at radius 3 is 2.13 bits per heavy atom. The molecule has 1 aromatic carbocycles. The lowest BCUT2D eigenvalue weighted by Gasteiger charge is -2.37. The Morgan fingerprint density at radius 2 is 1.54 bits per heavy atom. The predicted molar refractivity (Wildman–Crippen MR) is 313 cm³/mol. The number of thiazole rings is 1. The molecule has 0 radical (unpaired) electrons. The minimum absolute atomic E-state index is 0.0292. The minimum atomic E-state index is -1.52. The van der Waals surface area contributed by atoms with E-state index in [1.807, 2.05) is 70.0 Å². The lowest BCUT2D eigenvalue weighted by Crippen LogP contribution is -2.57. The van der Waals surface area contributed by atoms with Gasteiger partial charge in [-0.1, -0.05) is 76.9 Å². The molecule has 10 atom stereocenters. The Balaban J connectivity index is 1.18. The molecule has 21 nitrogen and oxygen atoms in total. The number of ketones is 2. The van der Waals surface area contributed by atoms with E-state index in [-0.39, 0.29) is 123 Å². The van der Waals surface area contributed by atoms with E-state index < -0.39 is 84.0 Å². The number of unbranched alkanes of at least 4 members (excludes halogenated alkanes) is 1. The second kappa shape index (κ2) is 30.9. The van der Waals surface area contributed by atoms with Crippen LogP contribution in [-0.2, 0) is 54.3 Å². The molecule has 2 aromatic heterocycles. The van der Waals surface area contributed by atoms with Gasteiger partial charge in [-0.25, -0.2) is 4.98 Å². The number of hydrogen-bond donors (Lipinski definition) is 3. The highest BCUT2D eigenvalue weighted by atomic mass is 32.1. The van der Waals surface area contributed by atoms with Gasteiger partial charge < -0.3 is 40.5 Å². The van der Waals surface area contributed by atoms with Gasteiger partial charge in [-0.2, -0.15) is 0 Å². The van der Waals surface area contributed by atoms with Gasteiger partial charge >= 0.3 is 5.97 Å². The Hall–Kier alpha value is -6.53. The molecule has 23 heteroatoms. The number of nitrogens with two attached hydrogens (primary N) is 1. The van der Waals surface area contributed by atoms with Gasteiger partial charge in [-0.3, -0.25) is 57.7 Å². The van der Waals surface area contributed by atoms with Crippen LogP contribution in [-0.4, -0.2) is 189 Å². The average molecular weight is 1190 g/mol. The summed E-state index contributed by atoms with van der Waals surface area (Å²) in [6.07, 6.45) is 2.07. The number of benzene rings is 1. The van der Waals surface area contributed by atoms with Crippen LogP contribution in [0.4, 0.5) is 0 Å². The summed E-state index contributed by atoms with van der Waals surface area (Å²) in [6.45, 7) is 11.0. The van der Waals surface area contributed by atoms with E-state index in [0.29, 0.717) is 37.2 Å². The lowest BCUT2D eigenvalue weighted by atomic mass is 9.84. The number of piperazine rings is 1. The Kier molecular flexibility index (Phi) is 24.4. The quantitative estimate of drug-likeness (QED) is 0.0334. The summed E-state index contributed by atoms with van der Waals surface area (Å²) in [4.78, 5) is 150.